The minimum absolute atomic E-state index is 0.153. The second kappa shape index (κ2) is 4.75. The lowest BCUT2D eigenvalue weighted by Crippen LogP contribution is -2.10. The third kappa shape index (κ3) is 2.32. The van der Waals surface area contributed by atoms with Gasteiger partial charge in [-0.05, 0) is 28.5 Å². The molecule has 0 bridgehead atoms. The van der Waals surface area contributed by atoms with Crippen LogP contribution in [-0.2, 0) is 5.41 Å². The molecule has 3 aromatic rings. The Kier molecular flexibility index (Phi) is 3.06. The van der Waals surface area contributed by atoms with Crippen molar-refractivity contribution in [1.82, 2.24) is 4.98 Å². The van der Waals surface area contributed by atoms with Crippen molar-refractivity contribution in [2.24, 2.45) is 0 Å². The molecule has 1 heterocycles. The van der Waals surface area contributed by atoms with Crippen LogP contribution < -0.4 is 0 Å². The maximum atomic E-state index is 4.60. The van der Waals surface area contributed by atoms with Crippen LogP contribution in [-0.4, -0.2) is 4.98 Å². The number of rotatable bonds is 1. The predicted molar refractivity (Wildman–Crippen MR) is 85.9 cm³/mol. The van der Waals surface area contributed by atoms with Crippen LogP contribution in [0.4, 0.5) is 0 Å². The Morgan fingerprint density at radius 1 is 0.850 bits per heavy atom. The van der Waals surface area contributed by atoms with Gasteiger partial charge < -0.3 is 0 Å². The van der Waals surface area contributed by atoms with Crippen LogP contribution in [0.1, 0.15) is 26.3 Å². The van der Waals surface area contributed by atoms with Gasteiger partial charge in [0.1, 0.15) is 0 Å². The van der Waals surface area contributed by atoms with Crippen molar-refractivity contribution >= 4 is 10.8 Å². The van der Waals surface area contributed by atoms with E-state index in [0.717, 1.165) is 5.69 Å². The molecular formula is C19H19N. The van der Waals surface area contributed by atoms with Crippen molar-refractivity contribution in [3.8, 4) is 11.3 Å². The number of hydrogen-bond acceptors (Lipinski definition) is 1. The Balaban J connectivity index is 2.21. The van der Waals surface area contributed by atoms with Crippen LogP contribution in [0.15, 0.2) is 60.8 Å². The average Bonchev–Trinajstić information content (AvgIpc) is 2.46. The summed E-state index contributed by atoms with van der Waals surface area (Å²) in [5.41, 5.74) is 3.74. The molecule has 1 heteroatoms. The molecule has 1 nitrogen and oxygen atoms in total. The number of fused-ring (bicyclic) bond motifs is 1. The third-order valence-electron chi connectivity index (χ3n) is 3.68. The van der Waals surface area contributed by atoms with Gasteiger partial charge in [0, 0.05) is 17.1 Å². The minimum atomic E-state index is 0.153. The molecule has 0 N–H and O–H groups in total. The first-order chi connectivity index (χ1) is 9.55. The molecule has 0 amide bonds. The number of nitrogens with zero attached hydrogens (tertiary/aromatic N) is 1. The summed E-state index contributed by atoms with van der Waals surface area (Å²) < 4.78 is 0. The summed E-state index contributed by atoms with van der Waals surface area (Å²) in [7, 11) is 0. The van der Waals surface area contributed by atoms with Gasteiger partial charge in [0.05, 0.1) is 5.69 Å². The Morgan fingerprint density at radius 3 is 2.45 bits per heavy atom. The van der Waals surface area contributed by atoms with Crippen molar-refractivity contribution in [3.63, 3.8) is 0 Å². The standard InChI is InChI=1S/C19H19N/c1-19(2,3)16-9-6-8-15(13-16)18-17-10-5-4-7-14(17)11-12-20-18/h4-13H,1-3H3. The summed E-state index contributed by atoms with van der Waals surface area (Å²) in [4.78, 5) is 4.60. The summed E-state index contributed by atoms with van der Waals surface area (Å²) in [6.07, 6.45) is 1.89. The first-order valence-electron chi connectivity index (χ1n) is 7.00. The molecule has 1 aromatic heterocycles. The average molecular weight is 261 g/mol. The lowest BCUT2D eigenvalue weighted by Gasteiger charge is -2.20. The molecule has 0 aliphatic rings. The lowest BCUT2D eigenvalue weighted by atomic mass is 9.85. The highest BCUT2D eigenvalue weighted by molar-refractivity contribution is 5.94. The predicted octanol–water partition coefficient (Wildman–Crippen LogP) is 5.20. The van der Waals surface area contributed by atoms with E-state index < -0.39 is 0 Å². The van der Waals surface area contributed by atoms with E-state index in [9.17, 15) is 0 Å². The van der Waals surface area contributed by atoms with E-state index >= 15 is 0 Å². The molecule has 0 saturated carbocycles. The maximum absolute atomic E-state index is 4.60. The van der Waals surface area contributed by atoms with Gasteiger partial charge in [0.2, 0.25) is 0 Å². The molecule has 2 aromatic carbocycles. The smallest absolute Gasteiger partial charge is 0.0780 e. The van der Waals surface area contributed by atoms with Crippen LogP contribution in [0.5, 0.6) is 0 Å². The van der Waals surface area contributed by atoms with Gasteiger partial charge in [0.25, 0.3) is 0 Å². The Labute approximate surface area is 120 Å². The van der Waals surface area contributed by atoms with E-state index in [-0.39, 0.29) is 5.41 Å². The zero-order valence-corrected chi connectivity index (χ0v) is 12.2. The Bertz CT molecular complexity index is 746. The number of benzene rings is 2. The fourth-order valence-corrected chi connectivity index (χ4v) is 2.48. The van der Waals surface area contributed by atoms with Crippen molar-refractivity contribution in [3.05, 3.63) is 66.4 Å². The van der Waals surface area contributed by atoms with Crippen molar-refractivity contribution in [1.29, 1.82) is 0 Å². The van der Waals surface area contributed by atoms with E-state index in [0.29, 0.717) is 0 Å². The highest BCUT2D eigenvalue weighted by Crippen LogP contribution is 2.30. The van der Waals surface area contributed by atoms with E-state index in [1.165, 1.54) is 21.9 Å². The minimum Gasteiger partial charge on any atom is -0.256 e. The van der Waals surface area contributed by atoms with E-state index in [1.54, 1.807) is 0 Å². The molecule has 0 spiro atoms. The molecule has 0 unspecified atom stereocenters. The van der Waals surface area contributed by atoms with Crippen LogP contribution in [0, 0.1) is 0 Å². The second-order valence-electron chi connectivity index (χ2n) is 6.21. The van der Waals surface area contributed by atoms with Crippen LogP contribution >= 0.6 is 0 Å². The summed E-state index contributed by atoms with van der Waals surface area (Å²) >= 11 is 0. The van der Waals surface area contributed by atoms with Crippen molar-refractivity contribution in [2.75, 3.05) is 0 Å². The van der Waals surface area contributed by atoms with Crippen LogP contribution in [0.2, 0.25) is 0 Å². The summed E-state index contributed by atoms with van der Waals surface area (Å²) in [6.45, 7) is 6.72. The van der Waals surface area contributed by atoms with E-state index in [4.69, 9.17) is 0 Å². The normalized spacial score (nSPS) is 11.8. The monoisotopic (exact) mass is 261 g/mol. The van der Waals surface area contributed by atoms with Gasteiger partial charge in [-0.15, -0.1) is 0 Å². The molecule has 0 radical (unpaired) electrons. The quantitative estimate of drug-likeness (QED) is 0.586. The molecule has 0 fully saturated rings. The first-order valence-corrected chi connectivity index (χ1v) is 7.00. The maximum Gasteiger partial charge on any atom is 0.0780 e. The fourth-order valence-electron chi connectivity index (χ4n) is 2.48. The lowest BCUT2D eigenvalue weighted by molar-refractivity contribution is 0.590. The largest absolute Gasteiger partial charge is 0.256 e. The summed E-state index contributed by atoms with van der Waals surface area (Å²) in [6, 6.07) is 19.2. The first kappa shape index (κ1) is 12.9. The second-order valence-corrected chi connectivity index (χ2v) is 6.21. The van der Waals surface area contributed by atoms with Gasteiger partial charge in [0.15, 0.2) is 0 Å². The van der Waals surface area contributed by atoms with Crippen LogP contribution in [0.3, 0.4) is 0 Å². The summed E-state index contributed by atoms with van der Waals surface area (Å²) in [5.74, 6) is 0. The summed E-state index contributed by atoms with van der Waals surface area (Å²) in [5, 5.41) is 2.44. The topological polar surface area (TPSA) is 12.9 Å². The number of hydrogen-bond donors (Lipinski definition) is 0. The zero-order valence-electron chi connectivity index (χ0n) is 12.2. The SMILES string of the molecule is CC(C)(C)c1cccc(-c2nccc3ccccc23)c1. The molecule has 0 aliphatic heterocycles. The Hall–Kier alpha value is -2.15. The molecule has 3 rings (SSSR count). The van der Waals surface area contributed by atoms with Gasteiger partial charge in [-0.25, -0.2) is 0 Å². The number of pyridine rings is 1. The molecule has 0 atom stereocenters. The van der Waals surface area contributed by atoms with Gasteiger partial charge in [-0.3, -0.25) is 4.98 Å². The Morgan fingerprint density at radius 2 is 1.65 bits per heavy atom. The molecule has 100 valence electrons. The van der Waals surface area contributed by atoms with Crippen molar-refractivity contribution < 1.29 is 0 Å². The molecule has 0 saturated heterocycles. The van der Waals surface area contributed by atoms with Crippen LogP contribution in [0.25, 0.3) is 22.0 Å². The number of aromatic nitrogens is 1. The highest BCUT2D eigenvalue weighted by atomic mass is 14.7. The van der Waals surface area contributed by atoms with Gasteiger partial charge in [-0.2, -0.15) is 0 Å². The molecular weight excluding hydrogens is 242 g/mol. The van der Waals surface area contributed by atoms with E-state index in [1.807, 2.05) is 6.20 Å². The van der Waals surface area contributed by atoms with E-state index in [2.05, 4.69) is 80.4 Å². The molecule has 20 heavy (non-hydrogen) atoms. The highest BCUT2D eigenvalue weighted by Gasteiger charge is 2.14. The third-order valence-corrected chi connectivity index (χ3v) is 3.68. The van der Waals surface area contributed by atoms with Gasteiger partial charge in [-0.1, -0.05) is 63.2 Å². The van der Waals surface area contributed by atoms with Crippen molar-refractivity contribution in [2.45, 2.75) is 26.2 Å². The zero-order chi connectivity index (χ0) is 14.2. The van der Waals surface area contributed by atoms with Gasteiger partial charge >= 0.3 is 0 Å². The molecule has 0 aliphatic carbocycles. The fraction of sp³-hybridized carbons (Fsp3) is 0.211.